The van der Waals surface area contributed by atoms with Crippen molar-refractivity contribution in [3.05, 3.63) is 52.5 Å². The Morgan fingerprint density at radius 3 is 2.63 bits per heavy atom. The van der Waals surface area contributed by atoms with Gasteiger partial charge in [-0.3, -0.25) is 4.98 Å². The van der Waals surface area contributed by atoms with Gasteiger partial charge in [0.1, 0.15) is 17.3 Å². The number of rotatable bonds is 4. The second-order valence-electron chi connectivity index (χ2n) is 4.11. The molecule has 3 nitrogen and oxygen atoms in total. The van der Waals surface area contributed by atoms with E-state index in [1.807, 2.05) is 13.0 Å². The summed E-state index contributed by atoms with van der Waals surface area (Å²) >= 11 is 3.09. The molecule has 0 radical (unpaired) electrons. The average molecular weight is 325 g/mol. The molecule has 1 heterocycles. The lowest BCUT2D eigenvalue weighted by Gasteiger charge is -2.10. The Labute approximate surface area is 119 Å². The van der Waals surface area contributed by atoms with E-state index in [9.17, 15) is 4.39 Å². The summed E-state index contributed by atoms with van der Waals surface area (Å²) < 4.78 is 19.3. The molecule has 0 bridgehead atoms. The number of hydrogen-bond donors (Lipinski definition) is 1. The predicted molar refractivity (Wildman–Crippen MR) is 75.6 cm³/mol. The van der Waals surface area contributed by atoms with Crippen LogP contribution in [0.25, 0.3) is 0 Å². The maximum atomic E-state index is 13.3. The van der Waals surface area contributed by atoms with Crippen LogP contribution in [0, 0.1) is 5.82 Å². The summed E-state index contributed by atoms with van der Waals surface area (Å²) in [5.41, 5.74) is 6.69. The highest BCUT2D eigenvalue weighted by Gasteiger charge is 2.06. The zero-order chi connectivity index (χ0) is 13.8. The lowest BCUT2D eigenvalue weighted by molar-refractivity contribution is 0.473. The molecule has 1 aromatic carbocycles. The third kappa shape index (κ3) is 3.52. The van der Waals surface area contributed by atoms with Gasteiger partial charge in [-0.25, -0.2) is 4.39 Å². The van der Waals surface area contributed by atoms with Gasteiger partial charge in [0.15, 0.2) is 0 Å². The number of halogens is 2. The third-order valence-corrected chi connectivity index (χ3v) is 3.35. The van der Waals surface area contributed by atoms with E-state index >= 15 is 0 Å². The summed E-state index contributed by atoms with van der Waals surface area (Å²) in [4.78, 5) is 4.23. The minimum atomic E-state index is -0.366. The van der Waals surface area contributed by atoms with Crippen LogP contribution in [-0.2, 0) is 0 Å². The second-order valence-corrected chi connectivity index (χ2v) is 4.97. The van der Waals surface area contributed by atoms with Crippen LogP contribution in [0.15, 0.2) is 41.0 Å². The summed E-state index contributed by atoms with van der Waals surface area (Å²) in [7, 11) is 0. The molecule has 1 unspecified atom stereocenters. The fourth-order valence-corrected chi connectivity index (χ4v) is 1.80. The van der Waals surface area contributed by atoms with E-state index < -0.39 is 0 Å². The van der Waals surface area contributed by atoms with Gasteiger partial charge in [0, 0.05) is 12.1 Å². The van der Waals surface area contributed by atoms with Gasteiger partial charge in [0.2, 0.25) is 0 Å². The van der Waals surface area contributed by atoms with Gasteiger partial charge in [-0.05, 0) is 46.6 Å². The molecule has 2 N–H and O–H groups in total. The first-order valence-electron chi connectivity index (χ1n) is 5.94. The monoisotopic (exact) mass is 324 g/mol. The Bertz CT molecular complexity index is 560. The first-order valence-corrected chi connectivity index (χ1v) is 6.74. The number of nitrogens with two attached hydrogens (primary N) is 1. The maximum Gasteiger partial charge on any atom is 0.145 e. The molecule has 0 saturated heterocycles. The van der Waals surface area contributed by atoms with Crippen LogP contribution in [0.5, 0.6) is 11.5 Å². The molecule has 2 rings (SSSR count). The van der Waals surface area contributed by atoms with Crippen molar-refractivity contribution in [1.29, 1.82) is 0 Å². The molecular weight excluding hydrogens is 311 g/mol. The molecule has 0 spiro atoms. The van der Waals surface area contributed by atoms with E-state index in [0.29, 0.717) is 16.0 Å². The molecule has 0 aliphatic rings. The highest BCUT2D eigenvalue weighted by atomic mass is 79.9. The van der Waals surface area contributed by atoms with Gasteiger partial charge >= 0.3 is 0 Å². The Morgan fingerprint density at radius 2 is 2.05 bits per heavy atom. The quantitative estimate of drug-likeness (QED) is 0.917. The molecule has 5 heteroatoms. The van der Waals surface area contributed by atoms with Crippen LogP contribution < -0.4 is 10.5 Å². The fraction of sp³-hybridized carbons (Fsp3) is 0.214. The van der Waals surface area contributed by atoms with E-state index in [1.54, 1.807) is 24.4 Å². The topological polar surface area (TPSA) is 48.1 Å². The molecule has 0 saturated carbocycles. The van der Waals surface area contributed by atoms with Crippen LogP contribution in [0.2, 0.25) is 0 Å². The highest BCUT2D eigenvalue weighted by Crippen LogP contribution is 2.25. The summed E-state index contributed by atoms with van der Waals surface area (Å²) in [6.07, 6.45) is 2.41. The van der Waals surface area contributed by atoms with Crippen molar-refractivity contribution < 1.29 is 9.13 Å². The SMILES string of the molecule is CCC(N)c1ccc(Oc2ccc(Br)c(F)c2)cn1. The van der Waals surface area contributed by atoms with Gasteiger partial charge in [-0.2, -0.15) is 0 Å². The zero-order valence-electron chi connectivity index (χ0n) is 10.4. The van der Waals surface area contributed by atoms with E-state index in [0.717, 1.165) is 12.1 Å². The molecule has 1 aromatic heterocycles. The number of hydrogen-bond acceptors (Lipinski definition) is 3. The van der Waals surface area contributed by atoms with Crippen molar-refractivity contribution in [3.63, 3.8) is 0 Å². The van der Waals surface area contributed by atoms with Crippen molar-refractivity contribution in [2.75, 3.05) is 0 Å². The Hall–Kier alpha value is -1.46. The van der Waals surface area contributed by atoms with Crippen molar-refractivity contribution in [2.24, 2.45) is 5.73 Å². The maximum absolute atomic E-state index is 13.3. The number of benzene rings is 1. The van der Waals surface area contributed by atoms with Gasteiger partial charge in [0.05, 0.1) is 16.4 Å². The number of ether oxygens (including phenoxy) is 1. The molecule has 2 aromatic rings. The molecular formula is C14H14BrFN2O. The normalized spacial score (nSPS) is 12.2. The predicted octanol–water partition coefficient (Wildman–Crippen LogP) is 4.19. The fourth-order valence-electron chi connectivity index (χ4n) is 1.56. The van der Waals surface area contributed by atoms with Crippen LogP contribution in [-0.4, -0.2) is 4.98 Å². The van der Waals surface area contributed by atoms with E-state index in [1.165, 1.54) is 6.07 Å². The van der Waals surface area contributed by atoms with Crippen LogP contribution in [0.1, 0.15) is 25.1 Å². The van der Waals surface area contributed by atoms with Gasteiger partial charge in [-0.1, -0.05) is 6.92 Å². The zero-order valence-corrected chi connectivity index (χ0v) is 12.0. The smallest absolute Gasteiger partial charge is 0.145 e. The minimum Gasteiger partial charge on any atom is -0.456 e. The van der Waals surface area contributed by atoms with E-state index in [-0.39, 0.29) is 11.9 Å². The largest absolute Gasteiger partial charge is 0.456 e. The van der Waals surface area contributed by atoms with E-state index in [4.69, 9.17) is 10.5 Å². The number of pyridine rings is 1. The lowest BCUT2D eigenvalue weighted by Crippen LogP contribution is -2.10. The Kier molecular flexibility index (Phi) is 4.50. The second kappa shape index (κ2) is 6.12. The molecule has 1 atom stereocenters. The lowest BCUT2D eigenvalue weighted by atomic mass is 10.1. The minimum absolute atomic E-state index is 0.0702. The summed E-state index contributed by atoms with van der Waals surface area (Å²) in [6, 6.07) is 8.11. The highest BCUT2D eigenvalue weighted by molar-refractivity contribution is 9.10. The number of nitrogens with zero attached hydrogens (tertiary/aromatic N) is 1. The van der Waals surface area contributed by atoms with Crippen molar-refractivity contribution >= 4 is 15.9 Å². The number of aromatic nitrogens is 1. The van der Waals surface area contributed by atoms with Gasteiger partial charge in [-0.15, -0.1) is 0 Å². The molecule has 19 heavy (non-hydrogen) atoms. The molecule has 0 fully saturated rings. The first-order chi connectivity index (χ1) is 9.10. The molecule has 0 aliphatic carbocycles. The molecule has 0 amide bonds. The third-order valence-electron chi connectivity index (χ3n) is 2.71. The standard InChI is InChI=1S/C14H14BrFN2O/c1-2-13(17)14-6-4-10(8-18-14)19-9-3-5-11(15)12(16)7-9/h3-8,13H,2,17H2,1H3. The van der Waals surface area contributed by atoms with Crippen molar-refractivity contribution in [3.8, 4) is 11.5 Å². The molecule has 100 valence electrons. The van der Waals surface area contributed by atoms with Crippen molar-refractivity contribution in [1.82, 2.24) is 4.98 Å². The Morgan fingerprint density at radius 1 is 1.32 bits per heavy atom. The average Bonchev–Trinajstić information content (AvgIpc) is 2.43. The summed E-state index contributed by atoms with van der Waals surface area (Å²) in [5.74, 6) is 0.610. The van der Waals surface area contributed by atoms with Gasteiger partial charge < -0.3 is 10.5 Å². The summed E-state index contributed by atoms with van der Waals surface area (Å²) in [5, 5.41) is 0. The summed E-state index contributed by atoms with van der Waals surface area (Å²) in [6.45, 7) is 2.00. The van der Waals surface area contributed by atoms with Crippen LogP contribution in [0.4, 0.5) is 4.39 Å². The first kappa shape index (κ1) is 14.0. The van der Waals surface area contributed by atoms with Gasteiger partial charge in [0.25, 0.3) is 0 Å². The molecule has 0 aliphatic heterocycles. The van der Waals surface area contributed by atoms with E-state index in [2.05, 4.69) is 20.9 Å². The van der Waals surface area contributed by atoms with Crippen LogP contribution >= 0.6 is 15.9 Å². The van der Waals surface area contributed by atoms with Crippen molar-refractivity contribution in [2.45, 2.75) is 19.4 Å². The Balaban J connectivity index is 2.12. The van der Waals surface area contributed by atoms with Crippen LogP contribution in [0.3, 0.4) is 0 Å².